The van der Waals surface area contributed by atoms with E-state index in [-0.39, 0.29) is 6.04 Å². The van der Waals surface area contributed by atoms with Gasteiger partial charge in [-0.3, -0.25) is 0 Å². The second-order valence-electron chi connectivity index (χ2n) is 3.16. The van der Waals surface area contributed by atoms with Crippen molar-refractivity contribution in [3.8, 4) is 0 Å². The molecule has 1 aromatic carbocycles. The molecule has 0 saturated carbocycles. The first-order chi connectivity index (χ1) is 6.27. The quantitative estimate of drug-likeness (QED) is 0.766. The SMILES string of the molecule is CCc1cccc(C(N)COC)c1. The summed E-state index contributed by atoms with van der Waals surface area (Å²) in [6.07, 6.45) is 1.05. The number of benzene rings is 1. The summed E-state index contributed by atoms with van der Waals surface area (Å²) in [6.45, 7) is 2.72. The van der Waals surface area contributed by atoms with E-state index in [0.717, 1.165) is 12.0 Å². The van der Waals surface area contributed by atoms with E-state index in [9.17, 15) is 0 Å². The highest BCUT2D eigenvalue weighted by atomic mass is 16.5. The van der Waals surface area contributed by atoms with Gasteiger partial charge in [0.15, 0.2) is 0 Å². The van der Waals surface area contributed by atoms with Crippen molar-refractivity contribution in [3.05, 3.63) is 35.4 Å². The summed E-state index contributed by atoms with van der Waals surface area (Å²) in [5.41, 5.74) is 8.38. The Hall–Kier alpha value is -0.860. The van der Waals surface area contributed by atoms with Gasteiger partial charge in [-0.2, -0.15) is 0 Å². The molecule has 0 spiro atoms. The van der Waals surface area contributed by atoms with E-state index < -0.39 is 0 Å². The second-order valence-corrected chi connectivity index (χ2v) is 3.16. The van der Waals surface area contributed by atoms with Gasteiger partial charge in [-0.05, 0) is 17.5 Å². The largest absolute Gasteiger partial charge is 0.383 e. The van der Waals surface area contributed by atoms with Gasteiger partial charge in [0.2, 0.25) is 0 Å². The van der Waals surface area contributed by atoms with E-state index in [1.165, 1.54) is 5.56 Å². The summed E-state index contributed by atoms with van der Waals surface area (Å²) in [5.74, 6) is 0. The summed E-state index contributed by atoms with van der Waals surface area (Å²) < 4.78 is 5.01. The molecule has 1 aromatic rings. The van der Waals surface area contributed by atoms with Crippen molar-refractivity contribution >= 4 is 0 Å². The Kier molecular flexibility index (Phi) is 3.93. The minimum Gasteiger partial charge on any atom is -0.383 e. The number of hydrogen-bond donors (Lipinski definition) is 1. The molecule has 0 aliphatic rings. The van der Waals surface area contributed by atoms with Gasteiger partial charge < -0.3 is 10.5 Å². The van der Waals surface area contributed by atoms with Crippen LogP contribution in [0.25, 0.3) is 0 Å². The first-order valence-electron chi connectivity index (χ1n) is 4.61. The van der Waals surface area contributed by atoms with Gasteiger partial charge in [-0.1, -0.05) is 31.2 Å². The maximum Gasteiger partial charge on any atom is 0.0655 e. The zero-order valence-corrected chi connectivity index (χ0v) is 8.29. The average Bonchev–Trinajstić information content (AvgIpc) is 2.18. The Bertz CT molecular complexity index is 260. The van der Waals surface area contributed by atoms with E-state index in [2.05, 4.69) is 19.1 Å². The minimum absolute atomic E-state index is 0.00324. The molecule has 13 heavy (non-hydrogen) atoms. The average molecular weight is 179 g/mol. The summed E-state index contributed by atoms with van der Waals surface area (Å²) >= 11 is 0. The molecule has 0 aliphatic carbocycles. The molecule has 2 nitrogen and oxygen atoms in total. The number of rotatable bonds is 4. The van der Waals surface area contributed by atoms with E-state index in [1.807, 2.05) is 12.1 Å². The molecule has 0 aliphatic heterocycles. The first-order valence-corrected chi connectivity index (χ1v) is 4.61. The summed E-state index contributed by atoms with van der Waals surface area (Å²) in [5, 5.41) is 0. The molecular weight excluding hydrogens is 162 g/mol. The van der Waals surface area contributed by atoms with Crippen LogP contribution in [0.3, 0.4) is 0 Å². The van der Waals surface area contributed by atoms with E-state index in [4.69, 9.17) is 10.5 Å². The van der Waals surface area contributed by atoms with Crippen LogP contribution >= 0.6 is 0 Å². The zero-order chi connectivity index (χ0) is 9.68. The fourth-order valence-electron chi connectivity index (χ4n) is 1.32. The van der Waals surface area contributed by atoms with Crippen molar-refractivity contribution in [3.63, 3.8) is 0 Å². The van der Waals surface area contributed by atoms with Crippen LogP contribution in [-0.2, 0) is 11.2 Å². The predicted molar refractivity (Wildman–Crippen MR) is 54.6 cm³/mol. The highest BCUT2D eigenvalue weighted by molar-refractivity contribution is 5.25. The van der Waals surface area contributed by atoms with Crippen molar-refractivity contribution < 1.29 is 4.74 Å². The number of nitrogens with two attached hydrogens (primary N) is 1. The molecule has 72 valence electrons. The molecule has 0 saturated heterocycles. The zero-order valence-electron chi connectivity index (χ0n) is 8.29. The van der Waals surface area contributed by atoms with Crippen LogP contribution in [0, 0.1) is 0 Å². The number of ether oxygens (including phenoxy) is 1. The van der Waals surface area contributed by atoms with Crippen LogP contribution in [0.5, 0.6) is 0 Å². The Balaban J connectivity index is 2.75. The maximum atomic E-state index is 5.90. The molecule has 2 N–H and O–H groups in total. The van der Waals surface area contributed by atoms with Gasteiger partial charge in [0.25, 0.3) is 0 Å². The Morgan fingerprint density at radius 2 is 2.23 bits per heavy atom. The van der Waals surface area contributed by atoms with Crippen LogP contribution in [0.4, 0.5) is 0 Å². The second kappa shape index (κ2) is 5.00. The van der Waals surface area contributed by atoms with Gasteiger partial charge >= 0.3 is 0 Å². The van der Waals surface area contributed by atoms with Crippen molar-refractivity contribution in [2.75, 3.05) is 13.7 Å². The fraction of sp³-hybridized carbons (Fsp3) is 0.455. The summed E-state index contributed by atoms with van der Waals surface area (Å²) in [6, 6.07) is 8.34. The molecule has 0 aromatic heterocycles. The van der Waals surface area contributed by atoms with Crippen molar-refractivity contribution in [1.82, 2.24) is 0 Å². The van der Waals surface area contributed by atoms with Crippen molar-refractivity contribution in [1.29, 1.82) is 0 Å². The Morgan fingerprint density at radius 3 is 2.85 bits per heavy atom. The smallest absolute Gasteiger partial charge is 0.0655 e. The minimum atomic E-state index is -0.00324. The van der Waals surface area contributed by atoms with Crippen molar-refractivity contribution in [2.45, 2.75) is 19.4 Å². The van der Waals surface area contributed by atoms with E-state index in [0.29, 0.717) is 6.61 Å². The lowest BCUT2D eigenvalue weighted by Crippen LogP contribution is -2.16. The fourth-order valence-corrected chi connectivity index (χ4v) is 1.32. The van der Waals surface area contributed by atoms with Gasteiger partial charge in [-0.15, -0.1) is 0 Å². The van der Waals surface area contributed by atoms with Crippen LogP contribution in [0.15, 0.2) is 24.3 Å². The van der Waals surface area contributed by atoms with E-state index >= 15 is 0 Å². The van der Waals surface area contributed by atoms with Crippen LogP contribution in [-0.4, -0.2) is 13.7 Å². The Labute approximate surface area is 79.7 Å². The molecular formula is C11H17NO. The van der Waals surface area contributed by atoms with Crippen LogP contribution in [0.2, 0.25) is 0 Å². The lowest BCUT2D eigenvalue weighted by atomic mass is 10.0. The van der Waals surface area contributed by atoms with Gasteiger partial charge in [0.05, 0.1) is 12.6 Å². The van der Waals surface area contributed by atoms with Crippen LogP contribution < -0.4 is 5.73 Å². The summed E-state index contributed by atoms with van der Waals surface area (Å²) in [7, 11) is 1.67. The lowest BCUT2D eigenvalue weighted by Gasteiger charge is -2.11. The monoisotopic (exact) mass is 179 g/mol. The molecule has 0 radical (unpaired) electrons. The molecule has 1 rings (SSSR count). The van der Waals surface area contributed by atoms with Crippen molar-refractivity contribution in [2.24, 2.45) is 5.73 Å². The lowest BCUT2D eigenvalue weighted by molar-refractivity contribution is 0.181. The normalized spacial score (nSPS) is 12.8. The van der Waals surface area contributed by atoms with Gasteiger partial charge in [-0.25, -0.2) is 0 Å². The number of methoxy groups -OCH3 is 1. The van der Waals surface area contributed by atoms with Gasteiger partial charge in [0, 0.05) is 7.11 Å². The number of aryl methyl sites for hydroxylation is 1. The molecule has 0 bridgehead atoms. The first kappa shape index (κ1) is 10.2. The third kappa shape index (κ3) is 2.83. The topological polar surface area (TPSA) is 35.2 Å². The molecule has 1 unspecified atom stereocenters. The maximum absolute atomic E-state index is 5.90. The molecule has 2 heteroatoms. The third-order valence-corrected chi connectivity index (χ3v) is 2.13. The van der Waals surface area contributed by atoms with Crippen LogP contribution in [0.1, 0.15) is 24.1 Å². The predicted octanol–water partition coefficient (Wildman–Crippen LogP) is 1.90. The highest BCUT2D eigenvalue weighted by Gasteiger charge is 2.04. The third-order valence-electron chi connectivity index (χ3n) is 2.13. The number of hydrogen-bond acceptors (Lipinski definition) is 2. The van der Waals surface area contributed by atoms with Gasteiger partial charge in [0.1, 0.15) is 0 Å². The molecule has 0 amide bonds. The standard InChI is InChI=1S/C11H17NO/c1-3-9-5-4-6-10(7-9)11(12)8-13-2/h4-7,11H,3,8,12H2,1-2H3. The molecule has 0 fully saturated rings. The van der Waals surface area contributed by atoms with E-state index in [1.54, 1.807) is 7.11 Å². The Morgan fingerprint density at radius 1 is 1.46 bits per heavy atom. The molecule has 0 heterocycles. The summed E-state index contributed by atoms with van der Waals surface area (Å²) in [4.78, 5) is 0. The molecule has 1 atom stereocenters. The highest BCUT2D eigenvalue weighted by Crippen LogP contribution is 2.12.